The first-order chi connectivity index (χ1) is 18.7. The average Bonchev–Trinajstić information content (AvgIpc) is 3.14. The van der Waals surface area contributed by atoms with Gasteiger partial charge in [-0.2, -0.15) is 5.26 Å². The molecule has 0 unspecified atom stereocenters. The van der Waals surface area contributed by atoms with E-state index >= 15 is 0 Å². The van der Waals surface area contributed by atoms with E-state index in [-0.39, 0.29) is 24.0 Å². The normalized spacial score (nSPS) is 15.7. The van der Waals surface area contributed by atoms with Gasteiger partial charge in [-0.3, -0.25) is 9.78 Å². The fourth-order valence-electron chi connectivity index (χ4n) is 5.61. The van der Waals surface area contributed by atoms with Gasteiger partial charge in [0.25, 0.3) is 0 Å². The van der Waals surface area contributed by atoms with Crippen molar-refractivity contribution in [3.8, 4) is 17.2 Å². The summed E-state index contributed by atoms with van der Waals surface area (Å²) in [6.07, 6.45) is 3.51. The largest absolute Gasteiger partial charge is 0.333 e. The Morgan fingerprint density at radius 2 is 1.77 bits per heavy atom. The number of nitriles is 1. The van der Waals surface area contributed by atoms with Crippen LogP contribution in [0.5, 0.6) is 0 Å². The lowest BCUT2D eigenvalue weighted by Gasteiger charge is -2.47. The number of fused-ring (bicyclic) bond motifs is 3. The van der Waals surface area contributed by atoms with Gasteiger partial charge in [0.1, 0.15) is 17.2 Å². The van der Waals surface area contributed by atoms with Gasteiger partial charge < -0.3 is 15.1 Å². The van der Waals surface area contributed by atoms with Crippen LogP contribution in [-0.2, 0) is 16.8 Å². The average molecular weight is 517 g/mol. The van der Waals surface area contributed by atoms with Crippen LogP contribution in [0.1, 0.15) is 37.7 Å². The first kappa shape index (κ1) is 24.6. The number of aromatic nitrogens is 2. The minimum Gasteiger partial charge on any atom is -0.333 e. The van der Waals surface area contributed by atoms with Gasteiger partial charge in [-0.05, 0) is 49.9 Å². The van der Waals surface area contributed by atoms with Gasteiger partial charge in [0.05, 0.1) is 12.2 Å². The second-order valence-electron chi connectivity index (χ2n) is 11.2. The lowest BCUT2D eigenvalue weighted by molar-refractivity contribution is -0.127. The molecule has 194 valence electrons. The number of benzene rings is 2. The minimum absolute atomic E-state index is 0.0256. The molecular formula is C31H28N6O2. The van der Waals surface area contributed by atoms with Crippen molar-refractivity contribution in [3.05, 3.63) is 90.0 Å². The van der Waals surface area contributed by atoms with Gasteiger partial charge in [-0.15, -0.1) is 0 Å². The molecule has 2 aromatic carbocycles. The smallest absolute Gasteiger partial charge is 0.317 e. The fourth-order valence-corrected chi connectivity index (χ4v) is 5.61. The molecule has 1 saturated heterocycles. The van der Waals surface area contributed by atoms with Crippen LogP contribution < -0.4 is 10.2 Å². The highest BCUT2D eigenvalue weighted by atomic mass is 16.2. The molecule has 2 aliphatic rings. The van der Waals surface area contributed by atoms with E-state index in [1.165, 1.54) is 0 Å². The third-order valence-electron chi connectivity index (χ3n) is 7.41. The summed E-state index contributed by atoms with van der Waals surface area (Å²) in [4.78, 5) is 39.5. The summed E-state index contributed by atoms with van der Waals surface area (Å²) in [5.41, 5.74) is 3.45. The van der Waals surface area contributed by atoms with Crippen molar-refractivity contribution in [2.75, 3.05) is 18.0 Å². The second kappa shape index (κ2) is 8.91. The van der Waals surface area contributed by atoms with Crippen LogP contribution in [0, 0.1) is 11.3 Å². The summed E-state index contributed by atoms with van der Waals surface area (Å²) in [6.45, 7) is 6.75. The van der Waals surface area contributed by atoms with Gasteiger partial charge >= 0.3 is 6.03 Å². The zero-order chi connectivity index (χ0) is 27.4. The van der Waals surface area contributed by atoms with Crippen LogP contribution in [0.3, 0.4) is 0 Å². The molecule has 1 N–H and O–H groups in total. The quantitative estimate of drug-likeness (QED) is 0.422. The Labute approximate surface area is 226 Å². The summed E-state index contributed by atoms with van der Waals surface area (Å²) in [5, 5.41) is 14.2. The molecule has 3 amide bonds. The Morgan fingerprint density at radius 3 is 2.49 bits per heavy atom. The molecule has 2 aliphatic heterocycles. The Bertz CT molecular complexity index is 1660. The molecule has 4 aromatic rings. The Balaban J connectivity index is 1.38. The van der Waals surface area contributed by atoms with Gasteiger partial charge in [-0.1, -0.05) is 42.5 Å². The summed E-state index contributed by atoms with van der Waals surface area (Å²) in [7, 11) is 0. The summed E-state index contributed by atoms with van der Waals surface area (Å²) in [6, 6.07) is 21.3. The predicted molar refractivity (Wildman–Crippen MR) is 149 cm³/mol. The summed E-state index contributed by atoms with van der Waals surface area (Å²) < 4.78 is 0. The molecule has 0 saturated carbocycles. The monoisotopic (exact) mass is 516 g/mol. The van der Waals surface area contributed by atoms with Gasteiger partial charge in [0.2, 0.25) is 5.91 Å². The molecule has 8 nitrogen and oxygen atoms in total. The number of nitrogens with one attached hydrogen (secondary N) is 1. The Kier molecular flexibility index (Phi) is 5.61. The van der Waals surface area contributed by atoms with E-state index < -0.39 is 5.41 Å². The number of pyridine rings is 2. The summed E-state index contributed by atoms with van der Waals surface area (Å²) in [5.74, 6) is -0.0256. The maximum absolute atomic E-state index is 14.1. The third-order valence-corrected chi connectivity index (χ3v) is 7.41. The van der Waals surface area contributed by atoms with Gasteiger partial charge in [-0.25, -0.2) is 9.78 Å². The zero-order valence-electron chi connectivity index (χ0n) is 22.1. The molecule has 2 aromatic heterocycles. The van der Waals surface area contributed by atoms with Gasteiger partial charge in [0, 0.05) is 53.2 Å². The first-order valence-corrected chi connectivity index (χ1v) is 12.9. The van der Waals surface area contributed by atoms with Crippen LogP contribution in [-0.4, -0.2) is 45.4 Å². The zero-order valence-corrected chi connectivity index (χ0v) is 22.1. The molecule has 0 atom stereocenters. The van der Waals surface area contributed by atoms with E-state index in [1.54, 1.807) is 22.1 Å². The number of anilines is 1. The number of nitrogens with zero attached hydrogens (tertiary/aromatic N) is 5. The van der Waals surface area contributed by atoms with E-state index in [0.717, 1.165) is 38.8 Å². The maximum Gasteiger partial charge on any atom is 0.317 e. The van der Waals surface area contributed by atoms with Crippen molar-refractivity contribution in [1.82, 2.24) is 20.2 Å². The highest BCUT2D eigenvalue weighted by Crippen LogP contribution is 2.48. The number of amides is 3. The number of carbonyl (C=O) groups is 2. The lowest BCUT2D eigenvalue weighted by atomic mass is 9.74. The minimum atomic E-state index is -0.765. The number of urea groups is 1. The van der Waals surface area contributed by atoms with Gasteiger partial charge in [0.15, 0.2) is 0 Å². The van der Waals surface area contributed by atoms with E-state index in [9.17, 15) is 14.9 Å². The molecule has 6 rings (SSSR count). The SMILES string of the molecule is CC(C)(C)NC(=O)N1CC2(C1)C(=O)N(Cc1ncc3ccccc3c1-c1ccc(C#N)nc1)c1ccccc12. The van der Waals surface area contributed by atoms with Crippen LogP contribution in [0.15, 0.2) is 73.1 Å². The highest BCUT2D eigenvalue weighted by molar-refractivity contribution is 6.10. The Hall–Kier alpha value is -4.77. The van der Waals surface area contributed by atoms with E-state index in [0.29, 0.717) is 18.8 Å². The molecule has 1 fully saturated rings. The summed E-state index contributed by atoms with van der Waals surface area (Å²) >= 11 is 0. The maximum atomic E-state index is 14.1. The van der Waals surface area contributed by atoms with Crippen molar-refractivity contribution in [3.63, 3.8) is 0 Å². The third kappa shape index (κ3) is 4.07. The predicted octanol–water partition coefficient (Wildman–Crippen LogP) is 4.78. The molecule has 1 spiro atoms. The Morgan fingerprint density at radius 1 is 1.03 bits per heavy atom. The highest BCUT2D eigenvalue weighted by Gasteiger charge is 2.59. The fraction of sp³-hybridized carbons (Fsp3) is 0.258. The lowest BCUT2D eigenvalue weighted by Crippen LogP contribution is -2.67. The second-order valence-corrected chi connectivity index (χ2v) is 11.2. The number of hydrogen-bond donors (Lipinski definition) is 1. The number of para-hydroxylation sites is 1. The van der Waals surface area contributed by atoms with E-state index in [2.05, 4.69) is 16.4 Å². The first-order valence-electron chi connectivity index (χ1n) is 12.9. The molecule has 8 heteroatoms. The molecule has 39 heavy (non-hydrogen) atoms. The number of rotatable bonds is 3. The molecule has 0 bridgehead atoms. The van der Waals surface area contributed by atoms with Crippen molar-refractivity contribution in [2.24, 2.45) is 0 Å². The van der Waals surface area contributed by atoms with Crippen LogP contribution in [0.4, 0.5) is 10.5 Å². The number of likely N-dealkylation sites (tertiary alicyclic amines) is 1. The van der Waals surface area contributed by atoms with Crippen molar-refractivity contribution >= 4 is 28.4 Å². The van der Waals surface area contributed by atoms with Crippen molar-refractivity contribution in [2.45, 2.75) is 38.3 Å². The standard InChI is InChI=1S/C31H28N6O2/c1-30(2,3)35-29(39)36-18-31(19-36)24-10-6-7-11-26(24)37(28(31)38)17-25-27(21-12-13-22(14-32)33-16-21)23-9-5-4-8-20(23)15-34-25/h4-13,15-16H,17-19H2,1-3H3,(H,35,39). The van der Waals surface area contributed by atoms with E-state index in [4.69, 9.17) is 4.98 Å². The molecule has 0 aliphatic carbocycles. The van der Waals surface area contributed by atoms with Crippen LogP contribution in [0.25, 0.3) is 21.9 Å². The number of hydrogen-bond acceptors (Lipinski definition) is 5. The van der Waals surface area contributed by atoms with Crippen LogP contribution >= 0.6 is 0 Å². The topological polar surface area (TPSA) is 102 Å². The molecule has 0 radical (unpaired) electrons. The van der Waals surface area contributed by atoms with Crippen molar-refractivity contribution in [1.29, 1.82) is 5.26 Å². The molecule has 4 heterocycles. The van der Waals surface area contributed by atoms with E-state index in [1.807, 2.05) is 81.6 Å². The van der Waals surface area contributed by atoms with Crippen molar-refractivity contribution < 1.29 is 9.59 Å². The molecular weight excluding hydrogens is 488 g/mol. The van der Waals surface area contributed by atoms with Crippen LogP contribution in [0.2, 0.25) is 0 Å². The number of carbonyl (C=O) groups excluding carboxylic acids is 2.